The van der Waals surface area contributed by atoms with E-state index in [0.29, 0.717) is 0 Å². The number of rotatable bonds is 0. The van der Waals surface area contributed by atoms with Crippen molar-refractivity contribution in [2.24, 2.45) is 0 Å². The van der Waals surface area contributed by atoms with E-state index in [1.807, 2.05) is 13.0 Å². The normalized spacial score (nSPS) is 27.8. The Morgan fingerprint density at radius 2 is 2.50 bits per heavy atom. The topological polar surface area (TPSA) is 0 Å². The summed E-state index contributed by atoms with van der Waals surface area (Å²) in [5.74, 6) is 0. The van der Waals surface area contributed by atoms with E-state index in [0.717, 1.165) is 12.0 Å². The van der Waals surface area contributed by atoms with Gasteiger partial charge in [0.2, 0.25) is 0 Å². The molecule has 0 aliphatic heterocycles. The predicted molar refractivity (Wildman–Crippen MR) is 32.4 cm³/mol. The molecule has 0 bridgehead atoms. The second-order valence-electron chi connectivity index (χ2n) is 2.09. The Bertz CT molecular complexity index is 133. The molecule has 8 heavy (non-hydrogen) atoms. The number of hydrogen-bond acceptors (Lipinski definition) is 0. The highest BCUT2D eigenvalue weighted by atomic mass is 19.1. The van der Waals surface area contributed by atoms with Gasteiger partial charge in [-0.1, -0.05) is 17.7 Å². The van der Waals surface area contributed by atoms with Crippen molar-refractivity contribution >= 4 is 0 Å². The molecule has 1 heteroatoms. The Morgan fingerprint density at radius 3 is 2.88 bits per heavy atom. The number of allylic oxidation sites excluding steroid dienone is 4. The largest absolute Gasteiger partial charge is 0.238 e. The SMILES string of the molecule is CC1=CC(F)C=CC1. The molecule has 0 nitrogen and oxygen atoms in total. The van der Waals surface area contributed by atoms with Crippen molar-refractivity contribution in [2.45, 2.75) is 19.5 Å². The maximum absolute atomic E-state index is 12.3. The van der Waals surface area contributed by atoms with E-state index in [2.05, 4.69) is 0 Å². The first kappa shape index (κ1) is 5.54. The average molecular weight is 112 g/mol. The lowest BCUT2D eigenvalue weighted by atomic mass is 10.1. The molecule has 0 aromatic carbocycles. The highest BCUT2D eigenvalue weighted by Gasteiger charge is 2.00. The van der Waals surface area contributed by atoms with Crippen molar-refractivity contribution in [3.05, 3.63) is 23.8 Å². The van der Waals surface area contributed by atoms with Crippen LogP contribution >= 0.6 is 0 Å². The minimum Gasteiger partial charge on any atom is -0.238 e. The molecule has 1 atom stereocenters. The lowest BCUT2D eigenvalue weighted by Gasteiger charge is -2.03. The van der Waals surface area contributed by atoms with E-state index in [1.165, 1.54) is 0 Å². The summed E-state index contributed by atoms with van der Waals surface area (Å²) in [5, 5.41) is 0. The molecule has 1 unspecified atom stereocenters. The van der Waals surface area contributed by atoms with Gasteiger partial charge in [-0.15, -0.1) is 0 Å². The molecule has 1 aliphatic carbocycles. The van der Waals surface area contributed by atoms with Crippen molar-refractivity contribution in [3.63, 3.8) is 0 Å². The Balaban J connectivity index is 2.60. The molecule has 1 aliphatic rings. The Kier molecular flexibility index (Phi) is 1.47. The monoisotopic (exact) mass is 112 g/mol. The fourth-order valence-corrected chi connectivity index (χ4v) is 0.779. The molecule has 0 saturated carbocycles. The lowest BCUT2D eigenvalue weighted by Crippen LogP contribution is -1.94. The van der Waals surface area contributed by atoms with Gasteiger partial charge in [0.15, 0.2) is 0 Å². The van der Waals surface area contributed by atoms with E-state index in [-0.39, 0.29) is 0 Å². The van der Waals surface area contributed by atoms with Crippen molar-refractivity contribution in [1.82, 2.24) is 0 Å². The van der Waals surface area contributed by atoms with Crippen LogP contribution in [0.5, 0.6) is 0 Å². The van der Waals surface area contributed by atoms with Gasteiger partial charge in [0.05, 0.1) is 0 Å². The molecule has 44 valence electrons. The summed E-state index contributed by atoms with van der Waals surface area (Å²) in [5.41, 5.74) is 1.13. The fraction of sp³-hybridized carbons (Fsp3) is 0.429. The van der Waals surface area contributed by atoms with Crippen LogP contribution in [0.2, 0.25) is 0 Å². The zero-order valence-corrected chi connectivity index (χ0v) is 4.89. The first-order valence-corrected chi connectivity index (χ1v) is 2.77. The molecular weight excluding hydrogens is 103 g/mol. The van der Waals surface area contributed by atoms with Gasteiger partial charge in [0, 0.05) is 0 Å². The second-order valence-corrected chi connectivity index (χ2v) is 2.09. The number of hydrogen-bond donors (Lipinski definition) is 0. The highest BCUT2D eigenvalue weighted by Crippen LogP contribution is 2.11. The molecule has 0 saturated heterocycles. The van der Waals surface area contributed by atoms with Crippen molar-refractivity contribution in [2.75, 3.05) is 0 Å². The minimum absolute atomic E-state index is 0.830. The smallest absolute Gasteiger partial charge is 0.137 e. The molecule has 0 heterocycles. The van der Waals surface area contributed by atoms with Crippen LogP contribution < -0.4 is 0 Å². The van der Waals surface area contributed by atoms with E-state index in [9.17, 15) is 4.39 Å². The Hall–Kier alpha value is -0.590. The summed E-state index contributed by atoms with van der Waals surface area (Å²) in [7, 11) is 0. The van der Waals surface area contributed by atoms with Crippen molar-refractivity contribution < 1.29 is 4.39 Å². The lowest BCUT2D eigenvalue weighted by molar-refractivity contribution is 0.463. The van der Waals surface area contributed by atoms with Crippen LogP contribution in [0.15, 0.2) is 23.8 Å². The van der Waals surface area contributed by atoms with Gasteiger partial charge in [-0.3, -0.25) is 0 Å². The van der Waals surface area contributed by atoms with Crippen molar-refractivity contribution in [3.8, 4) is 0 Å². The first-order chi connectivity index (χ1) is 3.79. The van der Waals surface area contributed by atoms with E-state index >= 15 is 0 Å². The van der Waals surface area contributed by atoms with E-state index in [4.69, 9.17) is 0 Å². The quantitative estimate of drug-likeness (QED) is 0.421. The van der Waals surface area contributed by atoms with Gasteiger partial charge in [-0.05, 0) is 19.4 Å². The zero-order chi connectivity index (χ0) is 5.98. The maximum atomic E-state index is 12.3. The van der Waals surface area contributed by atoms with Gasteiger partial charge in [0.1, 0.15) is 6.17 Å². The van der Waals surface area contributed by atoms with Gasteiger partial charge in [-0.25, -0.2) is 4.39 Å². The summed E-state index contributed by atoms with van der Waals surface area (Å²) >= 11 is 0. The van der Waals surface area contributed by atoms with E-state index < -0.39 is 6.17 Å². The zero-order valence-electron chi connectivity index (χ0n) is 4.89. The van der Waals surface area contributed by atoms with Crippen LogP contribution in [0.4, 0.5) is 4.39 Å². The average Bonchev–Trinajstić information content (AvgIpc) is 1.64. The highest BCUT2D eigenvalue weighted by molar-refractivity contribution is 5.17. The summed E-state index contributed by atoms with van der Waals surface area (Å²) in [6.07, 6.45) is 5.16. The molecule has 0 aromatic heterocycles. The number of alkyl halides is 1. The summed E-state index contributed by atoms with van der Waals surface area (Å²) in [4.78, 5) is 0. The molecule has 0 radical (unpaired) electrons. The molecule has 0 fully saturated rings. The summed E-state index contributed by atoms with van der Waals surface area (Å²) < 4.78 is 12.3. The third-order valence-corrected chi connectivity index (χ3v) is 1.20. The molecule has 0 amide bonds. The minimum atomic E-state index is -0.830. The van der Waals surface area contributed by atoms with Crippen LogP contribution in [-0.4, -0.2) is 6.17 Å². The number of halogens is 1. The maximum Gasteiger partial charge on any atom is 0.137 e. The third kappa shape index (κ3) is 1.19. The molecule has 0 aromatic rings. The molecule has 0 N–H and O–H groups in total. The molecule has 1 rings (SSSR count). The van der Waals surface area contributed by atoms with Crippen LogP contribution in [-0.2, 0) is 0 Å². The summed E-state index contributed by atoms with van der Waals surface area (Å²) in [6, 6.07) is 0. The standard InChI is InChI=1S/C7H9F/c1-6-3-2-4-7(8)5-6/h2,4-5,7H,3H2,1H3. The summed E-state index contributed by atoms with van der Waals surface area (Å²) in [6.45, 7) is 1.94. The molecular formula is C7H9F. The van der Waals surface area contributed by atoms with Crippen LogP contribution in [0.3, 0.4) is 0 Å². The Labute approximate surface area is 48.7 Å². The molecule has 0 spiro atoms. The van der Waals surface area contributed by atoms with Gasteiger partial charge < -0.3 is 0 Å². The fourth-order valence-electron chi connectivity index (χ4n) is 0.779. The van der Waals surface area contributed by atoms with Gasteiger partial charge >= 0.3 is 0 Å². The second kappa shape index (κ2) is 2.12. The van der Waals surface area contributed by atoms with Crippen LogP contribution in [0.1, 0.15) is 13.3 Å². The van der Waals surface area contributed by atoms with E-state index in [1.54, 1.807) is 12.2 Å². The van der Waals surface area contributed by atoms with Crippen LogP contribution in [0, 0.1) is 0 Å². The predicted octanol–water partition coefficient (Wildman–Crippen LogP) is 2.23. The van der Waals surface area contributed by atoms with Gasteiger partial charge in [-0.2, -0.15) is 0 Å². The Morgan fingerprint density at radius 1 is 1.75 bits per heavy atom. The third-order valence-electron chi connectivity index (χ3n) is 1.20. The first-order valence-electron chi connectivity index (χ1n) is 2.77. The van der Waals surface area contributed by atoms with Gasteiger partial charge in [0.25, 0.3) is 0 Å². The van der Waals surface area contributed by atoms with Crippen LogP contribution in [0.25, 0.3) is 0 Å². The van der Waals surface area contributed by atoms with Crippen molar-refractivity contribution in [1.29, 1.82) is 0 Å².